The fourth-order valence-electron chi connectivity index (χ4n) is 2.37. The van der Waals surface area contributed by atoms with Crippen molar-refractivity contribution < 1.29 is 9.18 Å². The van der Waals surface area contributed by atoms with Crippen LogP contribution in [0.1, 0.15) is 18.4 Å². The highest BCUT2D eigenvalue weighted by molar-refractivity contribution is 6.01. The van der Waals surface area contributed by atoms with Crippen LogP contribution in [0.15, 0.2) is 54.6 Å². The first-order chi connectivity index (χ1) is 9.22. The van der Waals surface area contributed by atoms with Crippen molar-refractivity contribution in [3.05, 3.63) is 66.0 Å². The lowest BCUT2D eigenvalue weighted by atomic mass is 9.94. The van der Waals surface area contributed by atoms with Crippen LogP contribution < -0.4 is 5.32 Å². The van der Waals surface area contributed by atoms with Gasteiger partial charge in [0.1, 0.15) is 5.82 Å². The van der Waals surface area contributed by atoms with Gasteiger partial charge in [-0.15, -0.1) is 0 Å². The van der Waals surface area contributed by atoms with Gasteiger partial charge in [-0.05, 0) is 31.0 Å². The Kier molecular flexibility index (Phi) is 2.82. The predicted octanol–water partition coefficient (Wildman–Crippen LogP) is 3.50. The molecule has 0 spiro atoms. The minimum absolute atomic E-state index is 0.121. The van der Waals surface area contributed by atoms with Gasteiger partial charge in [0.25, 0.3) is 0 Å². The van der Waals surface area contributed by atoms with Crippen LogP contribution in [0.4, 0.5) is 10.1 Å². The summed E-state index contributed by atoms with van der Waals surface area (Å²) in [5.74, 6) is -0.424. The van der Waals surface area contributed by atoms with Gasteiger partial charge in [-0.25, -0.2) is 4.39 Å². The summed E-state index contributed by atoms with van der Waals surface area (Å²) in [7, 11) is 0. The molecular weight excluding hydrogens is 241 g/mol. The van der Waals surface area contributed by atoms with Crippen LogP contribution in [0.25, 0.3) is 0 Å². The normalized spacial score (nSPS) is 15.8. The predicted molar refractivity (Wildman–Crippen MR) is 72.4 cm³/mol. The standard InChI is InChI=1S/C16H14FNO/c17-14-9-5-4-8-13(14)16(10-11-16)15(19)18-12-6-2-1-3-7-12/h1-9H,10-11H2,(H,18,19). The summed E-state index contributed by atoms with van der Waals surface area (Å²) in [5, 5.41) is 2.86. The van der Waals surface area contributed by atoms with Gasteiger partial charge >= 0.3 is 0 Å². The maximum absolute atomic E-state index is 13.8. The van der Waals surface area contributed by atoms with E-state index in [0.29, 0.717) is 18.4 Å². The number of halogens is 1. The highest BCUT2D eigenvalue weighted by atomic mass is 19.1. The van der Waals surface area contributed by atoms with Gasteiger partial charge in [0.2, 0.25) is 5.91 Å². The van der Waals surface area contributed by atoms with Crippen molar-refractivity contribution in [2.45, 2.75) is 18.3 Å². The molecule has 1 fully saturated rings. The molecule has 19 heavy (non-hydrogen) atoms. The Balaban J connectivity index is 1.86. The van der Waals surface area contributed by atoms with Crippen LogP contribution in [0, 0.1) is 5.82 Å². The molecule has 0 heterocycles. The summed E-state index contributed by atoms with van der Waals surface area (Å²) in [6.45, 7) is 0. The van der Waals surface area contributed by atoms with Gasteiger partial charge in [-0.3, -0.25) is 4.79 Å². The van der Waals surface area contributed by atoms with E-state index in [1.54, 1.807) is 18.2 Å². The van der Waals surface area contributed by atoms with Crippen molar-refractivity contribution in [2.75, 3.05) is 5.32 Å². The van der Waals surface area contributed by atoms with E-state index in [1.807, 2.05) is 30.3 Å². The molecular formula is C16H14FNO. The fraction of sp³-hybridized carbons (Fsp3) is 0.188. The number of rotatable bonds is 3. The van der Waals surface area contributed by atoms with Crippen LogP contribution in [0.5, 0.6) is 0 Å². The zero-order chi connectivity index (χ0) is 13.3. The molecule has 0 atom stereocenters. The average Bonchev–Trinajstić information content (AvgIpc) is 3.22. The van der Waals surface area contributed by atoms with E-state index in [4.69, 9.17) is 0 Å². The average molecular weight is 255 g/mol. The van der Waals surface area contributed by atoms with Gasteiger partial charge in [-0.1, -0.05) is 36.4 Å². The molecule has 3 rings (SSSR count). The van der Waals surface area contributed by atoms with Gasteiger partial charge in [0, 0.05) is 11.3 Å². The zero-order valence-electron chi connectivity index (χ0n) is 10.4. The Bertz CT molecular complexity index is 605. The lowest BCUT2D eigenvalue weighted by molar-refractivity contribution is -0.118. The topological polar surface area (TPSA) is 29.1 Å². The summed E-state index contributed by atoms with van der Waals surface area (Å²) in [5.41, 5.74) is 0.569. The first-order valence-electron chi connectivity index (χ1n) is 6.34. The number of hydrogen-bond acceptors (Lipinski definition) is 1. The van der Waals surface area contributed by atoms with Crippen LogP contribution >= 0.6 is 0 Å². The molecule has 1 aliphatic carbocycles. The summed E-state index contributed by atoms with van der Waals surface area (Å²) in [4.78, 5) is 12.4. The smallest absolute Gasteiger partial charge is 0.235 e. The summed E-state index contributed by atoms with van der Waals surface area (Å²) in [6, 6.07) is 15.8. The molecule has 2 aromatic rings. The molecule has 1 saturated carbocycles. The maximum Gasteiger partial charge on any atom is 0.235 e. The first-order valence-corrected chi connectivity index (χ1v) is 6.34. The van der Waals surface area contributed by atoms with Gasteiger partial charge in [-0.2, -0.15) is 0 Å². The second kappa shape index (κ2) is 4.50. The van der Waals surface area contributed by atoms with E-state index in [-0.39, 0.29) is 11.7 Å². The number of amides is 1. The summed E-state index contributed by atoms with van der Waals surface area (Å²) >= 11 is 0. The molecule has 2 aromatic carbocycles. The van der Waals surface area contributed by atoms with Crippen molar-refractivity contribution in [2.24, 2.45) is 0 Å². The van der Waals surface area contributed by atoms with E-state index >= 15 is 0 Å². The van der Waals surface area contributed by atoms with E-state index in [2.05, 4.69) is 5.32 Å². The van der Waals surface area contributed by atoms with Gasteiger partial charge in [0.15, 0.2) is 0 Å². The molecule has 0 saturated heterocycles. The monoisotopic (exact) mass is 255 g/mol. The molecule has 1 amide bonds. The molecule has 0 aliphatic heterocycles. The number of hydrogen-bond donors (Lipinski definition) is 1. The van der Waals surface area contributed by atoms with Gasteiger partial charge in [0.05, 0.1) is 5.41 Å². The second-order valence-electron chi connectivity index (χ2n) is 4.88. The Morgan fingerprint density at radius 2 is 1.63 bits per heavy atom. The molecule has 0 bridgehead atoms. The lowest BCUT2D eigenvalue weighted by Gasteiger charge is -2.16. The third kappa shape index (κ3) is 2.12. The third-order valence-corrected chi connectivity index (χ3v) is 3.61. The summed E-state index contributed by atoms with van der Waals surface area (Å²) < 4.78 is 13.8. The number of carbonyl (C=O) groups excluding carboxylic acids is 1. The number of benzene rings is 2. The van der Waals surface area contributed by atoms with Gasteiger partial charge < -0.3 is 5.32 Å². The highest BCUT2D eigenvalue weighted by Gasteiger charge is 2.52. The number of nitrogens with one attached hydrogen (secondary N) is 1. The van der Waals surface area contributed by atoms with Crippen LogP contribution in [0.3, 0.4) is 0 Å². The molecule has 1 N–H and O–H groups in total. The van der Waals surface area contributed by atoms with Crippen molar-refractivity contribution in [3.63, 3.8) is 0 Å². The third-order valence-electron chi connectivity index (χ3n) is 3.61. The number of para-hydroxylation sites is 1. The van der Waals surface area contributed by atoms with Crippen LogP contribution in [-0.4, -0.2) is 5.91 Å². The minimum atomic E-state index is -0.679. The Labute approximate surface area is 111 Å². The molecule has 2 nitrogen and oxygen atoms in total. The lowest BCUT2D eigenvalue weighted by Crippen LogP contribution is -2.28. The van der Waals surface area contributed by atoms with E-state index in [0.717, 1.165) is 5.69 Å². The number of carbonyl (C=O) groups is 1. The quantitative estimate of drug-likeness (QED) is 0.893. The first kappa shape index (κ1) is 11.9. The van der Waals surface area contributed by atoms with E-state index < -0.39 is 5.41 Å². The van der Waals surface area contributed by atoms with Crippen molar-refractivity contribution in [3.8, 4) is 0 Å². The van der Waals surface area contributed by atoms with Crippen molar-refractivity contribution >= 4 is 11.6 Å². The molecule has 1 aliphatic rings. The number of anilines is 1. The molecule has 0 aromatic heterocycles. The molecule has 0 radical (unpaired) electrons. The van der Waals surface area contributed by atoms with Crippen LogP contribution in [-0.2, 0) is 10.2 Å². The SMILES string of the molecule is O=C(Nc1ccccc1)C1(c2ccccc2F)CC1. The second-order valence-corrected chi connectivity index (χ2v) is 4.88. The van der Waals surface area contributed by atoms with E-state index in [1.165, 1.54) is 6.07 Å². The molecule has 96 valence electrons. The summed E-state index contributed by atoms with van der Waals surface area (Å²) in [6.07, 6.45) is 1.40. The minimum Gasteiger partial charge on any atom is -0.325 e. The molecule has 0 unspecified atom stereocenters. The fourth-order valence-corrected chi connectivity index (χ4v) is 2.37. The van der Waals surface area contributed by atoms with E-state index in [9.17, 15) is 9.18 Å². The Morgan fingerprint density at radius 1 is 1.00 bits per heavy atom. The maximum atomic E-state index is 13.8. The highest BCUT2D eigenvalue weighted by Crippen LogP contribution is 2.49. The Morgan fingerprint density at radius 3 is 2.26 bits per heavy atom. The largest absolute Gasteiger partial charge is 0.325 e. The Hall–Kier alpha value is -2.16. The van der Waals surface area contributed by atoms with Crippen molar-refractivity contribution in [1.82, 2.24) is 0 Å². The van der Waals surface area contributed by atoms with Crippen molar-refractivity contribution in [1.29, 1.82) is 0 Å². The molecule has 3 heteroatoms. The zero-order valence-corrected chi connectivity index (χ0v) is 10.4. The van der Waals surface area contributed by atoms with Crippen LogP contribution in [0.2, 0.25) is 0 Å².